The van der Waals surface area contributed by atoms with E-state index in [0.29, 0.717) is 17.3 Å². The highest BCUT2D eigenvalue weighted by molar-refractivity contribution is 9.10. The Labute approximate surface area is 173 Å². The van der Waals surface area contributed by atoms with E-state index in [2.05, 4.69) is 22.5 Å². The molecule has 0 aliphatic heterocycles. The van der Waals surface area contributed by atoms with Gasteiger partial charge in [0.05, 0.1) is 11.1 Å². The van der Waals surface area contributed by atoms with Gasteiger partial charge in [0, 0.05) is 21.5 Å². The number of thiophene rings is 1. The van der Waals surface area contributed by atoms with E-state index in [9.17, 15) is 9.59 Å². The molecule has 0 N–H and O–H groups in total. The summed E-state index contributed by atoms with van der Waals surface area (Å²) in [4.78, 5) is 32.4. The largest absolute Gasteiger partial charge is 0.293 e. The Morgan fingerprint density at radius 2 is 2.11 bits per heavy atom. The van der Waals surface area contributed by atoms with Crippen LogP contribution in [-0.4, -0.2) is 21.1 Å². The fourth-order valence-corrected chi connectivity index (χ4v) is 5.78. The topological polar surface area (TPSA) is 52.0 Å². The second kappa shape index (κ2) is 7.73. The summed E-state index contributed by atoms with van der Waals surface area (Å²) in [5.41, 5.74) is 1.81. The molecule has 4 nitrogen and oxygen atoms in total. The van der Waals surface area contributed by atoms with Gasteiger partial charge in [0.2, 0.25) is 0 Å². The van der Waals surface area contributed by atoms with Gasteiger partial charge in [-0.3, -0.25) is 14.2 Å². The van der Waals surface area contributed by atoms with Crippen LogP contribution in [0.15, 0.2) is 51.3 Å². The molecule has 0 spiro atoms. The van der Waals surface area contributed by atoms with E-state index in [1.165, 1.54) is 22.2 Å². The number of hydrogen-bond donors (Lipinski definition) is 0. The van der Waals surface area contributed by atoms with Crippen LogP contribution < -0.4 is 5.56 Å². The van der Waals surface area contributed by atoms with E-state index in [4.69, 9.17) is 4.98 Å². The molecule has 27 heavy (non-hydrogen) atoms. The average Bonchev–Trinajstić information content (AvgIpc) is 3.23. The Balaban J connectivity index is 1.67. The van der Waals surface area contributed by atoms with Gasteiger partial charge >= 0.3 is 0 Å². The van der Waals surface area contributed by atoms with Gasteiger partial charge in [0.25, 0.3) is 5.56 Å². The Morgan fingerprint density at radius 1 is 1.33 bits per heavy atom. The summed E-state index contributed by atoms with van der Waals surface area (Å²) in [5, 5.41) is 1.34. The molecule has 0 saturated heterocycles. The van der Waals surface area contributed by atoms with Crippen LogP contribution in [0.1, 0.15) is 27.2 Å². The van der Waals surface area contributed by atoms with Gasteiger partial charge in [-0.15, -0.1) is 17.9 Å². The van der Waals surface area contributed by atoms with Crippen molar-refractivity contribution in [1.82, 2.24) is 9.55 Å². The van der Waals surface area contributed by atoms with Gasteiger partial charge in [-0.25, -0.2) is 4.98 Å². The van der Waals surface area contributed by atoms with Crippen LogP contribution in [-0.2, 0) is 19.4 Å². The number of aryl methyl sites for hydroxylation is 2. The number of rotatable bonds is 6. The first kappa shape index (κ1) is 18.7. The molecule has 138 valence electrons. The predicted octanol–water partition coefficient (Wildman–Crippen LogP) is 4.87. The van der Waals surface area contributed by atoms with Crippen LogP contribution in [0.3, 0.4) is 0 Å². The molecule has 3 aromatic rings. The molecule has 0 atom stereocenters. The molecule has 0 unspecified atom stereocenters. The molecule has 0 saturated carbocycles. The first-order valence-corrected chi connectivity index (χ1v) is 11.3. The molecule has 0 radical (unpaired) electrons. The van der Waals surface area contributed by atoms with Crippen LogP contribution in [0.4, 0.5) is 0 Å². The van der Waals surface area contributed by atoms with Crippen LogP contribution in [0.5, 0.6) is 0 Å². The lowest BCUT2D eigenvalue weighted by Crippen LogP contribution is -2.23. The van der Waals surface area contributed by atoms with Gasteiger partial charge in [0.1, 0.15) is 4.83 Å². The molecule has 4 rings (SSSR count). The number of nitrogens with zero attached hydrogens (tertiary/aromatic N) is 2. The first-order chi connectivity index (χ1) is 13.1. The molecular weight excluding hydrogens is 444 g/mol. The Morgan fingerprint density at radius 3 is 2.85 bits per heavy atom. The summed E-state index contributed by atoms with van der Waals surface area (Å²) in [6.07, 6.45) is 4.79. The van der Waals surface area contributed by atoms with Crippen molar-refractivity contribution in [2.45, 2.75) is 31.0 Å². The second-order valence-electron chi connectivity index (χ2n) is 6.36. The zero-order chi connectivity index (χ0) is 19.0. The highest BCUT2D eigenvalue weighted by atomic mass is 79.9. The fourth-order valence-electron chi connectivity index (χ4n) is 3.31. The van der Waals surface area contributed by atoms with Crippen LogP contribution in [0, 0.1) is 0 Å². The lowest BCUT2D eigenvalue weighted by molar-refractivity contribution is 0.102. The van der Waals surface area contributed by atoms with Gasteiger partial charge in [-0.1, -0.05) is 45.9 Å². The number of carbonyl (C=O) groups is 1. The van der Waals surface area contributed by atoms with Gasteiger partial charge in [-0.2, -0.15) is 0 Å². The van der Waals surface area contributed by atoms with E-state index in [0.717, 1.165) is 34.0 Å². The highest BCUT2D eigenvalue weighted by Crippen LogP contribution is 2.35. The number of carbonyl (C=O) groups excluding carboxylic acids is 1. The van der Waals surface area contributed by atoms with Gasteiger partial charge in [-0.05, 0) is 37.0 Å². The molecule has 2 aromatic heterocycles. The Bertz CT molecular complexity index is 1100. The minimum atomic E-state index is -0.0158. The lowest BCUT2D eigenvalue weighted by Gasteiger charge is -2.10. The normalized spacial score (nSPS) is 13.1. The van der Waals surface area contributed by atoms with Crippen molar-refractivity contribution in [3.63, 3.8) is 0 Å². The molecule has 0 fully saturated rings. The van der Waals surface area contributed by atoms with Crippen molar-refractivity contribution >= 4 is 55.0 Å². The third-order valence-corrected chi connectivity index (χ3v) is 7.29. The fraction of sp³-hybridized carbons (Fsp3) is 0.250. The second-order valence-corrected chi connectivity index (χ2v) is 9.30. The van der Waals surface area contributed by atoms with Crippen molar-refractivity contribution in [1.29, 1.82) is 0 Å². The smallest absolute Gasteiger partial charge is 0.263 e. The van der Waals surface area contributed by atoms with E-state index >= 15 is 0 Å². The summed E-state index contributed by atoms with van der Waals surface area (Å²) in [5.74, 6) is 0.252. The number of thioether (sulfide) groups is 1. The number of allylic oxidation sites excluding steroid dienone is 1. The van der Waals surface area contributed by atoms with Gasteiger partial charge < -0.3 is 0 Å². The van der Waals surface area contributed by atoms with E-state index in [1.807, 2.05) is 12.1 Å². The molecule has 2 heterocycles. The van der Waals surface area contributed by atoms with E-state index < -0.39 is 0 Å². The molecule has 1 aromatic carbocycles. The summed E-state index contributed by atoms with van der Waals surface area (Å²) in [6, 6.07) is 7.29. The van der Waals surface area contributed by atoms with Crippen LogP contribution >= 0.6 is 39.0 Å². The first-order valence-electron chi connectivity index (χ1n) is 8.66. The molecule has 1 aliphatic carbocycles. The maximum absolute atomic E-state index is 13.1. The standard InChI is InChI=1S/C20H17BrN2O2S2/c1-2-10-23-19(25)17-14-4-3-5-16(14)27-18(17)22-20(23)26-11-15(24)12-6-8-13(21)9-7-12/h2,6-9H,1,3-5,10-11H2. The van der Waals surface area contributed by atoms with E-state index in [-0.39, 0.29) is 17.1 Å². The van der Waals surface area contributed by atoms with Crippen molar-refractivity contribution in [2.24, 2.45) is 0 Å². The number of hydrogen-bond acceptors (Lipinski definition) is 5. The van der Waals surface area contributed by atoms with Crippen molar-refractivity contribution in [3.05, 3.63) is 67.8 Å². The summed E-state index contributed by atoms with van der Waals surface area (Å²) < 4.78 is 2.57. The van der Waals surface area contributed by atoms with Crippen LogP contribution in [0.2, 0.25) is 0 Å². The lowest BCUT2D eigenvalue weighted by atomic mass is 10.2. The Hall–Kier alpha value is -1.70. The third kappa shape index (κ3) is 3.56. The molecular formula is C20H17BrN2O2S2. The number of ketones is 1. The average molecular weight is 461 g/mol. The number of fused-ring (bicyclic) bond motifs is 3. The monoisotopic (exact) mass is 460 g/mol. The molecule has 0 bridgehead atoms. The molecule has 0 amide bonds. The van der Waals surface area contributed by atoms with E-state index in [1.54, 1.807) is 34.1 Å². The van der Waals surface area contributed by atoms with Crippen molar-refractivity contribution < 1.29 is 4.79 Å². The number of halogens is 1. The molecule has 7 heteroatoms. The minimum Gasteiger partial charge on any atom is -0.293 e. The Kier molecular flexibility index (Phi) is 5.34. The van der Waals surface area contributed by atoms with Crippen LogP contribution in [0.25, 0.3) is 10.2 Å². The SMILES string of the molecule is C=CCn1c(SCC(=O)c2ccc(Br)cc2)nc2sc3c(c2c1=O)CCC3. The quantitative estimate of drug-likeness (QED) is 0.228. The molecule has 1 aliphatic rings. The third-order valence-electron chi connectivity index (χ3n) is 4.60. The zero-order valence-electron chi connectivity index (χ0n) is 14.5. The highest BCUT2D eigenvalue weighted by Gasteiger charge is 2.23. The predicted molar refractivity (Wildman–Crippen MR) is 115 cm³/mol. The van der Waals surface area contributed by atoms with Crippen molar-refractivity contribution in [3.8, 4) is 0 Å². The summed E-state index contributed by atoms with van der Waals surface area (Å²) >= 11 is 6.31. The number of benzene rings is 1. The zero-order valence-corrected chi connectivity index (χ0v) is 17.8. The maximum atomic E-state index is 13.1. The minimum absolute atomic E-state index is 0.0145. The van der Waals surface area contributed by atoms with Crippen molar-refractivity contribution in [2.75, 3.05) is 5.75 Å². The number of Topliss-reactive ketones (excluding diaryl/α,β-unsaturated/α-hetero) is 1. The maximum Gasteiger partial charge on any atom is 0.263 e. The number of aromatic nitrogens is 2. The summed E-state index contributed by atoms with van der Waals surface area (Å²) in [7, 11) is 0. The summed E-state index contributed by atoms with van der Waals surface area (Å²) in [6.45, 7) is 4.15. The van der Waals surface area contributed by atoms with Gasteiger partial charge in [0.15, 0.2) is 10.9 Å².